The number of aliphatic hydroxyl groups is 1. The Bertz CT molecular complexity index is 780. The van der Waals surface area contributed by atoms with Gasteiger partial charge in [0, 0.05) is 38.3 Å². The van der Waals surface area contributed by atoms with E-state index < -0.39 is 12.1 Å². The van der Waals surface area contributed by atoms with E-state index in [9.17, 15) is 14.7 Å². The molecule has 1 aliphatic carbocycles. The zero-order chi connectivity index (χ0) is 19.2. The van der Waals surface area contributed by atoms with Gasteiger partial charge in [-0.1, -0.05) is 0 Å². The van der Waals surface area contributed by atoms with Crippen molar-refractivity contribution in [3.05, 3.63) is 36.4 Å². The molecule has 3 atom stereocenters. The number of nitrogens with one attached hydrogen (secondary N) is 2. The number of nitrogens with zero attached hydrogens (tertiary/aromatic N) is 5. The van der Waals surface area contributed by atoms with Crippen LogP contribution >= 0.6 is 0 Å². The van der Waals surface area contributed by atoms with Crippen molar-refractivity contribution in [3.63, 3.8) is 0 Å². The molecule has 1 aliphatic rings. The quantitative estimate of drug-likeness (QED) is 0.605. The van der Waals surface area contributed by atoms with E-state index in [1.54, 1.807) is 10.9 Å². The lowest BCUT2D eigenvalue weighted by molar-refractivity contribution is -0.127. The Morgan fingerprint density at radius 3 is 2.85 bits per heavy atom. The highest BCUT2D eigenvalue weighted by Gasteiger charge is 2.33. The molecule has 1 saturated carbocycles. The van der Waals surface area contributed by atoms with E-state index in [0.29, 0.717) is 32.2 Å². The molecule has 0 saturated heterocycles. The van der Waals surface area contributed by atoms with E-state index in [-0.39, 0.29) is 23.4 Å². The first-order chi connectivity index (χ1) is 13.0. The Hall–Kier alpha value is -2.88. The summed E-state index contributed by atoms with van der Waals surface area (Å²) in [5.41, 5.74) is 0.202. The van der Waals surface area contributed by atoms with Crippen LogP contribution in [0.15, 0.2) is 24.9 Å². The fraction of sp³-hybridized carbons (Fsp3) is 0.529. The number of hydrogen-bond donors (Lipinski definition) is 3. The molecule has 0 aliphatic heterocycles. The minimum atomic E-state index is -0.783. The van der Waals surface area contributed by atoms with Gasteiger partial charge in [0.2, 0.25) is 5.91 Å². The topological polar surface area (TPSA) is 135 Å². The molecule has 0 aromatic carbocycles. The largest absolute Gasteiger partial charge is 0.391 e. The van der Waals surface area contributed by atoms with Crippen molar-refractivity contribution in [1.82, 2.24) is 35.4 Å². The number of aromatic nitrogens is 5. The van der Waals surface area contributed by atoms with Gasteiger partial charge >= 0.3 is 0 Å². The molecule has 3 rings (SSSR count). The van der Waals surface area contributed by atoms with Crippen LogP contribution in [0.3, 0.4) is 0 Å². The van der Waals surface area contributed by atoms with Gasteiger partial charge in [-0.2, -0.15) is 0 Å². The molecule has 0 spiro atoms. The summed E-state index contributed by atoms with van der Waals surface area (Å²) in [5.74, 6) is 0.0589. The summed E-state index contributed by atoms with van der Waals surface area (Å²) >= 11 is 0. The summed E-state index contributed by atoms with van der Waals surface area (Å²) in [7, 11) is 1.85. The second kappa shape index (κ2) is 8.67. The highest BCUT2D eigenvalue weighted by atomic mass is 16.3. The molecule has 0 unspecified atom stereocenters. The van der Waals surface area contributed by atoms with Gasteiger partial charge in [-0.05, 0) is 19.3 Å². The molecular formula is C17H23N7O3. The number of carbonyl (C=O) groups is 2. The van der Waals surface area contributed by atoms with E-state index in [1.807, 2.05) is 7.05 Å². The highest BCUT2D eigenvalue weighted by molar-refractivity contribution is 5.92. The molecule has 2 heterocycles. The lowest BCUT2D eigenvalue weighted by Crippen LogP contribution is -2.49. The molecule has 0 bridgehead atoms. The zero-order valence-corrected chi connectivity index (χ0v) is 15.1. The second-order valence-corrected chi connectivity index (χ2v) is 6.65. The molecule has 27 heavy (non-hydrogen) atoms. The van der Waals surface area contributed by atoms with Gasteiger partial charge in [-0.3, -0.25) is 14.6 Å². The molecule has 3 N–H and O–H groups in total. The SMILES string of the molecule is Cn1cnnc1CCNC(=O)[C@H]1CC[C@H](NC(=O)c2cnccn2)[C@@H](O)C1. The third kappa shape index (κ3) is 4.85. The molecule has 1 fully saturated rings. The third-order valence-electron chi connectivity index (χ3n) is 4.75. The Balaban J connectivity index is 1.44. The van der Waals surface area contributed by atoms with Crippen LogP contribution in [0.2, 0.25) is 0 Å². The summed E-state index contributed by atoms with van der Waals surface area (Å²) in [5, 5.41) is 23.8. The van der Waals surface area contributed by atoms with Gasteiger partial charge in [0.05, 0.1) is 18.3 Å². The minimum absolute atomic E-state index is 0.0880. The standard InChI is InChI=1S/C17H23N7O3/c1-24-10-21-23-15(24)4-5-20-16(26)11-2-3-12(14(25)8-11)22-17(27)13-9-18-6-7-19-13/h6-7,9-12,14,25H,2-5,8H2,1H3,(H,20,26)(H,22,27)/t11-,12-,14-/m0/s1. The smallest absolute Gasteiger partial charge is 0.271 e. The maximum atomic E-state index is 12.3. The lowest BCUT2D eigenvalue weighted by atomic mass is 9.83. The van der Waals surface area contributed by atoms with Crippen molar-refractivity contribution in [2.45, 2.75) is 37.8 Å². The van der Waals surface area contributed by atoms with Crippen LogP contribution in [0.5, 0.6) is 0 Å². The third-order valence-corrected chi connectivity index (χ3v) is 4.75. The first-order valence-electron chi connectivity index (χ1n) is 8.90. The zero-order valence-electron chi connectivity index (χ0n) is 15.1. The van der Waals surface area contributed by atoms with Crippen LogP contribution in [0.1, 0.15) is 35.6 Å². The van der Waals surface area contributed by atoms with Crippen LogP contribution < -0.4 is 10.6 Å². The molecular weight excluding hydrogens is 350 g/mol. The van der Waals surface area contributed by atoms with E-state index >= 15 is 0 Å². The maximum absolute atomic E-state index is 12.3. The van der Waals surface area contributed by atoms with E-state index in [1.165, 1.54) is 18.6 Å². The van der Waals surface area contributed by atoms with Crippen LogP contribution in [0.4, 0.5) is 0 Å². The predicted molar refractivity (Wildman–Crippen MR) is 94.4 cm³/mol. The number of amides is 2. The molecule has 2 aromatic heterocycles. The van der Waals surface area contributed by atoms with Crippen LogP contribution in [-0.4, -0.2) is 60.3 Å². The second-order valence-electron chi connectivity index (χ2n) is 6.65. The molecule has 10 heteroatoms. The van der Waals surface area contributed by atoms with Gasteiger partial charge in [-0.25, -0.2) is 4.98 Å². The number of hydrogen-bond acceptors (Lipinski definition) is 7. The first-order valence-corrected chi connectivity index (χ1v) is 8.90. The van der Waals surface area contributed by atoms with E-state index in [2.05, 4.69) is 30.8 Å². The first kappa shape index (κ1) is 18.9. The van der Waals surface area contributed by atoms with Crippen LogP contribution in [0, 0.1) is 5.92 Å². The number of aliphatic hydroxyl groups excluding tert-OH is 1. The number of rotatable bonds is 6. The molecule has 2 aromatic rings. The molecule has 2 amide bonds. The van der Waals surface area contributed by atoms with Crippen LogP contribution in [0.25, 0.3) is 0 Å². The predicted octanol–water partition coefficient (Wildman–Crippen LogP) is -0.777. The Morgan fingerprint density at radius 1 is 1.33 bits per heavy atom. The fourth-order valence-corrected chi connectivity index (χ4v) is 3.19. The summed E-state index contributed by atoms with van der Waals surface area (Å²) in [6.45, 7) is 0.463. The Kier molecular flexibility index (Phi) is 6.07. The van der Waals surface area contributed by atoms with Crippen molar-refractivity contribution in [2.24, 2.45) is 13.0 Å². The monoisotopic (exact) mass is 373 g/mol. The van der Waals surface area contributed by atoms with Crippen molar-refractivity contribution < 1.29 is 14.7 Å². The minimum Gasteiger partial charge on any atom is -0.391 e. The van der Waals surface area contributed by atoms with Gasteiger partial charge in [-0.15, -0.1) is 10.2 Å². The fourth-order valence-electron chi connectivity index (χ4n) is 3.19. The average molecular weight is 373 g/mol. The summed E-state index contributed by atoms with van der Waals surface area (Å²) in [4.78, 5) is 32.3. The summed E-state index contributed by atoms with van der Waals surface area (Å²) in [6.07, 6.45) is 7.14. The average Bonchev–Trinajstić information content (AvgIpc) is 3.08. The Labute approximate surface area is 156 Å². The molecule has 0 radical (unpaired) electrons. The summed E-state index contributed by atoms with van der Waals surface area (Å²) < 4.78 is 1.81. The lowest BCUT2D eigenvalue weighted by Gasteiger charge is -2.32. The van der Waals surface area contributed by atoms with E-state index in [0.717, 1.165) is 5.82 Å². The maximum Gasteiger partial charge on any atom is 0.271 e. The Morgan fingerprint density at radius 2 is 2.19 bits per heavy atom. The van der Waals surface area contributed by atoms with Crippen molar-refractivity contribution in [2.75, 3.05) is 6.54 Å². The molecule has 10 nitrogen and oxygen atoms in total. The highest BCUT2D eigenvalue weighted by Crippen LogP contribution is 2.25. The van der Waals surface area contributed by atoms with Crippen molar-refractivity contribution in [3.8, 4) is 0 Å². The van der Waals surface area contributed by atoms with Gasteiger partial charge in [0.25, 0.3) is 5.91 Å². The van der Waals surface area contributed by atoms with Gasteiger partial charge < -0.3 is 20.3 Å². The summed E-state index contributed by atoms with van der Waals surface area (Å²) in [6, 6.07) is -0.401. The van der Waals surface area contributed by atoms with Crippen LogP contribution in [-0.2, 0) is 18.3 Å². The molecule has 144 valence electrons. The van der Waals surface area contributed by atoms with Gasteiger partial charge in [0.1, 0.15) is 17.8 Å². The van der Waals surface area contributed by atoms with Crippen molar-refractivity contribution >= 4 is 11.8 Å². The number of aryl methyl sites for hydroxylation is 1. The van der Waals surface area contributed by atoms with Gasteiger partial charge in [0.15, 0.2) is 0 Å². The van der Waals surface area contributed by atoms with E-state index in [4.69, 9.17) is 0 Å². The normalized spacial score (nSPS) is 22.2. The number of carbonyl (C=O) groups excluding carboxylic acids is 2. The van der Waals surface area contributed by atoms with Crippen molar-refractivity contribution in [1.29, 1.82) is 0 Å².